The van der Waals surface area contributed by atoms with E-state index in [1.54, 1.807) is 22.7 Å². The number of halogens is 1. The zero-order valence-electron chi connectivity index (χ0n) is 13.9. The largest absolute Gasteiger partial charge is 0.344 e. The molecule has 3 aromatic rings. The van der Waals surface area contributed by atoms with Crippen LogP contribution in [0.15, 0.2) is 53.2 Å². The fourth-order valence-electron chi connectivity index (χ4n) is 2.42. The monoisotopic (exact) mass is 406 g/mol. The van der Waals surface area contributed by atoms with Gasteiger partial charge >= 0.3 is 0 Å². The molecule has 0 bridgehead atoms. The summed E-state index contributed by atoms with van der Waals surface area (Å²) in [6.07, 6.45) is 0.986. The molecule has 0 fully saturated rings. The SMILES string of the molecule is Cc1ccc(NC(=S)N(CCc2cccs2)Cc2cccs2)cc1Cl. The molecule has 1 aromatic carbocycles. The van der Waals surface area contributed by atoms with Crippen LogP contribution in [0.1, 0.15) is 15.3 Å². The van der Waals surface area contributed by atoms with E-state index in [9.17, 15) is 0 Å². The van der Waals surface area contributed by atoms with E-state index in [0.717, 1.165) is 40.9 Å². The Hall–Kier alpha value is -1.40. The van der Waals surface area contributed by atoms with Gasteiger partial charge < -0.3 is 10.2 Å². The molecule has 0 saturated heterocycles. The molecule has 0 spiro atoms. The van der Waals surface area contributed by atoms with E-state index in [2.05, 4.69) is 45.2 Å². The summed E-state index contributed by atoms with van der Waals surface area (Å²) >= 11 is 15.5. The molecule has 130 valence electrons. The van der Waals surface area contributed by atoms with E-state index in [4.69, 9.17) is 23.8 Å². The first-order valence-electron chi connectivity index (χ1n) is 7.98. The molecular weight excluding hydrogens is 388 g/mol. The van der Waals surface area contributed by atoms with Crippen molar-refractivity contribution in [1.82, 2.24) is 4.90 Å². The summed E-state index contributed by atoms with van der Waals surface area (Å²) in [5.74, 6) is 0. The Morgan fingerprint density at radius 3 is 2.48 bits per heavy atom. The van der Waals surface area contributed by atoms with Crippen molar-refractivity contribution >= 4 is 57.3 Å². The summed E-state index contributed by atoms with van der Waals surface area (Å²) in [7, 11) is 0. The Balaban J connectivity index is 1.69. The molecule has 0 amide bonds. The summed E-state index contributed by atoms with van der Waals surface area (Å²) in [6.45, 7) is 3.69. The smallest absolute Gasteiger partial charge is 0.173 e. The van der Waals surface area contributed by atoms with Gasteiger partial charge in [-0.1, -0.05) is 29.8 Å². The Morgan fingerprint density at radius 1 is 1.12 bits per heavy atom. The highest BCUT2D eigenvalue weighted by Gasteiger charge is 2.12. The number of nitrogens with one attached hydrogen (secondary N) is 1. The fraction of sp³-hybridized carbons (Fsp3) is 0.211. The third-order valence-electron chi connectivity index (χ3n) is 3.85. The summed E-state index contributed by atoms with van der Waals surface area (Å²) in [5, 5.41) is 9.02. The average Bonchev–Trinajstić information content (AvgIpc) is 3.28. The van der Waals surface area contributed by atoms with Gasteiger partial charge in [0.2, 0.25) is 0 Å². The third kappa shape index (κ3) is 5.28. The number of anilines is 1. The molecule has 1 N–H and O–H groups in total. The summed E-state index contributed by atoms with van der Waals surface area (Å²) in [6, 6.07) is 14.4. The summed E-state index contributed by atoms with van der Waals surface area (Å²) in [5.41, 5.74) is 1.99. The molecule has 0 aliphatic rings. The van der Waals surface area contributed by atoms with Crippen molar-refractivity contribution in [2.24, 2.45) is 0 Å². The first kappa shape index (κ1) is 18.4. The van der Waals surface area contributed by atoms with E-state index >= 15 is 0 Å². The second kappa shape index (κ2) is 8.81. The predicted molar refractivity (Wildman–Crippen MR) is 115 cm³/mol. The van der Waals surface area contributed by atoms with Crippen molar-refractivity contribution < 1.29 is 0 Å². The van der Waals surface area contributed by atoms with Crippen molar-refractivity contribution in [3.8, 4) is 0 Å². The van der Waals surface area contributed by atoms with Crippen LogP contribution in [0.5, 0.6) is 0 Å². The molecule has 0 saturated carbocycles. The van der Waals surface area contributed by atoms with E-state index in [0.29, 0.717) is 0 Å². The molecule has 0 aliphatic heterocycles. The molecule has 0 atom stereocenters. The Labute approximate surface area is 167 Å². The number of rotatable bonds is 6. The number of nitrogens with zero attached hydrogens (tertiary/aromatic N) is 1. The van der Waals surface area contributed by atoms with Gasteiger partial charge in [0.15, 0.2) is 5.11 Å². The van der Waals surface area contributed by atoms with Crippen molar-refractivity contribution in [3.05, 3.63) is 73.6 Å². The van der Waals surface area contributed by atoms with Gasteiger partial charge in [-0.05, 0) is 66.2 Å². The van der Waals surface area contributed by atoms with Crippen molar-refractivity contribution in [3.63, 3.8) is 0 Å². The quantitative estimate of drug-likeness (QED) is 0.489. The number of hydrogen-bond donors (Lipinski definition) is 1. The lowest BCUT2D eigenvalue weighted by Crippen LogP contribution is -2.35. The number of thiocarbonyl (C=S) groups is 1. The Bertz CT molecular complexity index is 813. The molecule has 2 aromatic heterocycles. The average molecular weight is 407 g/mol. The lowest BCUT2D eigenvalue weighted by atomic mass is 10.2. The highest BCUT2D eigenvalue weighted by Crippen LogP contribution is 2.21. The van der Waals surface area contributed by atoms with Crippen LogP contribution in [0.4, 0.5) is 5.69 Å². The summed E-state index contributed by atoms with van der Waals surface area (Å²) < 4.78 is 0. The predicted octanol–water partition coefficient (Wildman–Crippen LogP) is 6.21. The molecule has 0 unspecified atom stereocenters. The molecule has 0 aliphatic carbocycles. The van der Waals surface area contributed by atoms with Crippen LogP contribution in [0.25, 0.3) is 0 Å². The molecule has 2 nitrogen and oxygen atoms in total. The van der Waals surface area contributed by atoms with Crippen LogP contribution in [-0.4, -0.2) is 16.6 Å². The zero-order valence-corrected chi connectivity index (χ0v) is 17.1. The van der Waals surface area contributed by atoms with Crippen molar-refractivity contribution in [2.75, 3.05) is 11.9 Å². The standard InChI is InChI=1S/C19H19ClN2S3/c1-14-6-7-15(12-18(14)20)21-19(23)22(13-17-5-3-11-25-17)9-8-16-4-2-10-24-16/h2-7,10-12H,8-9,13H2,1H3,(H,21,23). The van der Waals surface area contributed by atoms with Gasteiger partial charge in [-0.3, -0.25) is 0 Å². The van der Waals surface area contributed by atoms with Gasteiger partial charge in [0, 0.05) is 27.0 Å². The van der Waals surface area contributed by atoms with Crippen molar-refractivity contribution in [1.29, 1.82) is 0 Å². The second-order valence-corrected chi connectivity index (χ2v) is 8.58. The zero-order chi connectivity index (χ0) is 17.6. The van der Waals surface area contributed by atoms with Crippen LogP contribution >= 0.6 is 46.5 Å². The Kier molecular flexibility index (Phi) is 6.48. The molecular formula is C19H19ClN2S3. The van der Waals surface area contributed by atoms with Gasteiger partial charge in [-0.2, -0.15) is 0 Å². The molecule has 6 heteroatoms. The maximum Gasteiger partial charge on any atom is 0.173 e. The van der Waals surface area contributed by atoms with Gasteiger partial charge in [0.1, 0.15) is 0 Å². The highest BCUT2D eigenvalue weighted by molar-refractivity contribution is 7.80. The fourth-order valence-corrected chi connectivity index (χ4v) is 4.29. The van der Waals surface area contributed by atoms with Gasteiger partial charge in [0.05, 0.1) is 6.54 Å². The second-order valence-electron chi connectivity index (χ2n) is 5.72. The molecule has 2 heterocycles. The molecule has 0 radical (unpaired) electrons. The van der Waals surface area contributed by atoms with E-state index in [-0.39, 0.29) is 0 Å². The highest BCUT2D eigenvalue weighted by atomic mass is 35.5. The van der Waals surface area contributed by atoms with Gasteiger partial charge in [-0.25, -0.2) is 0 Å². The lowest BCUT2D eigenvalue weighted by Gasteiger charge is -2.25. The Morgan fingerprint density at radius 2 is 1.84 bits per heavy atom. The van der Waals surface area contributed by atoms with Crippen LogP contribution in [0, 0.1) is 6.92 Å². The van der Waals surface area contributed by atoms with E-state index in [1.165, 1.54) is 9.75 Å². The van der Waals surface area contributed by atoms with Crippen LogP contribution in [0.2, 0.25) is 5.02 Å². The van der Waals surface area contributed by atoms with Gasteiger partial charge in [-0.15, -0.1) is 22.7 Å². The first-order valence-corrected chi connectivity index (χ1v) is 10.5. The minimum atomic E-state index is 0.727. The number of thiophene rings is 2. The normalized spacial score (nSPS) is 10.6. The van der Waals surface area contributed by atoms with Crippen LogP contribution in [-0.2, 0) is 13.0 Å². The maximum atomic E-state index is 6.23. The maximum absolute atomic E-state index is 6.23. The molecule has 25 heavy (non-hydrogen) atoms. The number of hydrogen-bond acceptors (Lipinski definition) is 3. The van der Waals surface area contributed by atoms with E-state index in [1.807, 2.05) is 25.1 Å². The summed E-state index contributed by atoms with van der Waals surface area (Å²) in [4.78, 5) is 4.89. The molecule has 3 rings (SSSR count). The number of benzene rings is 1. The van der Waals surface area contributed by atoms with E-state index < -0.39 is 0 Å². The lowest BCUT2D eigenvalue weighted by molar-refractivity contribution is 0.428. The minimum absolute atomic E-state index is 0.727. The van der Waals surface area contributed by atoms with Crippen LogP contribution in [0.3, 0.4) is 0 Å². The van der Waals surface area contributed by atoms with Crippen molar-refractivity contribution in [2.45, 2.75) is 19.9 Å². The third-order valence-corrected chi connectivity index (χ3v) is 6.41. The van der Waals surface area contributed by atoms with Gasteiger partial charge in [0.25, 0.3) is 0 Å². The van der Waals surface area contributed by atoms with Crippen LogP contribution < -0.4 is 5.32 Å². The first-order chi connectivity index (χ1) is 12.1. The topological polar surface area (TPSA) is 15.3 Å². The minimum Gasteiger partial charge on any atom is -0.344 e. The number of aryl methyl sites for hydroxylation is 1.